The van der Waals surface area contributed by atoms with E-state index in [1.165, 1.54) is 31.2 Å². The second-order valence-electron chi connectivity index (χ2n) is 6.07. The highest BCUT2D eigenvalue weighted by Crippen LogP contribution is 2.52. The van der Waals surface area contributed by atoms with Gasteiger partial charge in [0.25, 0.3) is 0 Å². The highest BCUT2D eigenvalue weighted by molar-refractivity contribution is 5.26. The Hall–Kier alpha value is -0.820. The maximum Gasteiger partial charge on any atom is 0.0104 e. The Morgan fingerprint density at radius 3 is 2.53 bits per heavy atom. The van der Waals surface area contributed by atoms with Crippen LogP contribution in [0.5, 0.6) is 0 Å². The van der Waals surface area contributed by atoms with Crippen LogP contribution in [0.25, 0.3) is 0 Å². The summed E-state index contributed by atoms with van der Waals surface area (Å²) < 4.78 is 0. The molecule has 1 nitrogen and oxygen atoms in total. The minimum atomic E-state index is 0.442. The van der Waals surface area contributed by atoms with Crippen molar-refractivity contribution in [2.75, 3.05) is 0 Å². The molecule has 1 heteroatoms. The lowest BCUT2D eigenvalue weighted by Gasteiger charge is -2.23. The smallest absolute Gasteiger partial charge is 0.0104 e. The summed E-state index contributed by atoms with van der Waals surface area (Å²) >= 11 is 0. The molecular weight excluding hydrogens is 206 g/mol. The van der Waals surface area contributed by atoms with Gasteiger partial charge < -0.3 is 5.73 Å². The Morgan fingerprint density at radius 1 is 1.12 bits per heavy atom. The molecule has 2 aliphatic carbocycles. The molecule has 0 heterocycles. The van der Waals surface area contributed by atoms with Crippen LogP contribution in [-0.2, 0) is 0 Å². The Morgan fingerprint density at radius 2 is 1.88 bits per heavy atom. The molecule has 0 aliphatic heterocycles. The van der Waals surface area contributed by atoms with Crippen molar-refractivity contribution < 1.29 is 0 Å². The molecule has 5 unspecified atom stereocenters. The van der Waals surface area contributed by atoms with E-state index in [9.17, 15) is 0 Å². The summed E-state index contributed by atoms with van der Waals surface area (Å²) in [6, 6.07) is 11.4. The van der Waals surface area contributed by atoms with Gasteiger partial charge in [0.1, 0.15) is 0 Å². The molecule has 2 saturated carbocycles. The van der Waals surface area contributed by atoms with Crippen molar-refractivity contribution in [3.8, 4) is 0 Å². The lowest BCUT2D eigenvalue weighted by Crippen LogP contribution is -2.34. The number of benzene rings is 1. The highest BCUT2D eigenvalue weighted by atomic mass is 14.7. The zero-order chi connectivity index (χ0) is 11.8. The SMILES string of the molecule is CC1CCCC1C(N)C1CC1c1ccccc1. The maximum absolute atomic E-state index is 6.50. The van der Waals surface area contributed by atoms with Crippen molar-refractivity contribution in [2.24, 2.45) is 23.5 Å². The van der Waals surface area contributed by atoms with Crippen LogP contribution in [0.3, 0.4) is 0 Å². The maximum atomic E-state index is 6.50. The Kier molecular flexibility index (Phi) is 2.96. The van der Waals surface area contributed by atoms with Crippen LogP contribution in [0.15, 0.2) is 30.3 Å². The third-order valence-corrected chi connectivity index (χ3v) is 4.98. The number of nitrogens with two attached hydrogens (primary N) is 1. The van der Waals surface area contributed by atoms with Crippen molar-refractivity contribution in [2.45, 2.75) is 44.6 Å². The second-order valence-corrected chi connectivity index (χ2v) is 6.07. The molecule has 92 valence electrons. The zero-order valence-electron chi connectivity index (χ0n) is 10.7. The zero-order valence-corrected chi connectivity index (χ0v) is 10.7. The van der Waals surface area contributed by atoms with E-state index < -0.39 is 0 Å². The summed E-state index contributed by atoms with van der Waals surface area (Å²) in [5.41, 5.74) is 8.00. The summed E-state index contributed by atoms with van der Waals surface area (Å²) in [5, 5.41) is 0. The molecule has 3 rings (SSSR count). The fourth-order valence-corrected chi connectivity index (χ4v) is 3.79. The first kappa shape index (κ1) is 11.3. The Labute approximate surface area is 104 Å². The topological polar surface area (TPSA) is 26.0 Å². The van der Waals surface area contributed by atoms with Crippen molar-refractivity contribution in [3.05, 3.63) is 35.9 Å². The summed E-state index contributed by atoms with van der Waals surface area (Å²) in [5.74, 6) is 3.14. The Bertz CT molecular complexity index is 372. The van der Waals surface area contributed by atoms with Crippen LogP contribution in [0.1, 0.15) is 44.1 Å². The molecule has 0 spiro atoms. The van der Waals surface area contributed by atoms with Crippen molar-refractivity contribution in [1.29, 1.82) is 0 Å². The fourth-order valence-electron chi connectivity index (χ4n) is 3.79. The van der Waals surface area contributed by atoms with Crippen molar-refractivity contribution >= 4 is 0 Å². The van der Waals surface area contributed by atoms with Gasteiger partial charge in [0.05, 0.1) is 0 Å². The molecule has 1 aromatic carbocycles. The van der Waals surface area contributed by atoms with Gasteiger partial charge in [-0.2, -0.15) is 0 Å². The molecule has 5 atom stereocenters. The van der Waals surface area contributed by atoms with E-state index in [1.807, 2.05) is 0 Å². The second kappa shape index (κ2) is 4.45. The summed E-state index contributed by atoms with van der Waals surface area (Å²) in [6.07, 6.45) is 5.46. The first-order chi connectivity index (χ1) is 8.27. The predicted octanol–water partition coefficient (Wildman–Crippen LogP) is 3.55. The number of hydrogen-bond donors (Lipinski definition) is 1. The molecular formula is C16H23N. The number of rotatable bonds is 3. The minimum Gasteiger partial charge on any atom is -0.327 e. The monoisotopic (exact) mass is 229 g/mol. The average molecular weight is 229 g/mol. The van der Waals surface area contributed by atoms with Gasteiger partial charge in [-0.1, -0.05) is 50.1 Å². The van der Waals surface area contributed by atoms with Crippen molar-refractivity contribution in [3.63, 3.8) is 0 Å². The van der Waals surface area contributed by atoms with Crippen LogP contribution in [-0.4, -0.2) is 6.04 Å². The van der Waals surface area contributed by atoms with E-state index in [1.54, 1.807) is 0 Å². The molecule has 2 fully saturated rings. The molecule has 0 radical (unpaired) electrons. The molecule has 0 saturated heterocycles. The predicted molar refractivity (Wildman–Crippen MR) is 71.8 cm³/mol. The average Bonchev–Trinajstić information content (AvgIpc) is 3.05. The summed E-state index contributed by atoms with van der Waals surface area (Å²) in [7, 11) is 0. The van der Waals surface area contributed by atoms with E-state index in [2.05, 4.69) is 37.3 Å². The van der Waals surface area contributed by atoms with Crippen LogP contribution >= 0.6 is 0 Å². The molecule has 17 heavy (non-hydrogen) atoms. The third kappa shape index (κ3) is 2.13. The van der Waals surface area contributed by atoms with E-state index in [0.717, 1.165) is 23.7 Å². The van der Waals surface area contributed by atoms with Crippen molar-refractivity contribution in [1.82, 2.24) is 0 Å². The van der Waals surface area contributed by atoms with Gasteiger partial charge in [-0.3, -0.25) is 0 Å². The quantitative estimate of drug-likeness (QED) is 0.842. The van der Waals surface area contributed by atoms with E-state index in [4.69, 9.17) is 5.73 Å². The molecule has 1 aromatic rings. The highest BCUT2D eigenvalue weighted by Gasteiger charge is 2.46. The molecule has 2 aliphatic rings. The minimum absolute atomic E-state index is 0.442. The van der Waals surface area contributed by atoms with Gasteiger partial charge >= 0.3 is 0 Å². The molecule has 0 aromatic heterocycles. The van der Waals surface area contributed by atoms with Gasteiger partial charge in [0.2, 0.25) is 0 Å². The summed E-state index contributed by atoms with van der Waals surface area (Å²) in [6.45, 7) is 2.39. The standard InChI is InChI=1S/C16H23N/c1-11-6-5-9-13(11)16(17)15-10-14(15)12-7-3-2-4-8-12/h2-4,7-8,11,13-16H,5-6,9-10,17H2,1H3. The van der Waals surface area contributed by atoms with Crippen LogP contribution in [0.2, 0.25) is 0 Å². The first-order valence-electron chi connectivity index (χ1n) is 7.08. The fraction of sp³-hybridized carbons (Fsp3) is 0.625. The van der Waals surface area contributed by atoms with Gasteiger partial charge in [-0.05, 0) is 42.1 Å². The largest absolute Gasteiger partial charge is 0.327 e. The number of hydrogen-bond acceptors (Lipinski definition) is 1. The van der Waals surface area contributed by atoms with E-state index in [0.29, 0.717) is 6.04 Å². The third-order valence-electron chi connectivity index (χ3n) is 4.98. The van der Waals surface area contributed by atoms with E-state index >= 15 is 0 Å². The van der Waals surface area contributed by atoms with Gasteiger partial charge in [-0.25, -0.2) is 0 Å². The molecule has 2 N–H and O–H groups in total. The van der Waals surface area contributed by atoms with Crippen LogP contribution in [0.4, 0.5) is 0 Å². The summed E-state index contributed by atoms with van der Waals surface area (Å²) in [4.78, 5) is 0. The normalized spacial score (nSPS) is 38.0. The Balaban J connectivity index is 1.64. The van der Waals surface area contributed by atoms with Crippen LogP contribution in [0, 0.1) is 17.8 Å². The van der Waals surface area contributed by atoms with E-state index in [-0.39, 0.29) is 0 Å². The first-order valence-corrected chi connectivity index (χ1v) is 7.08. The molecule has 0 bridgehead atoms. The van der Waals surface area contributed by atoms with Crippen LogP contribution < -0.4 is 5.73 Å². The van der Waals surface area contributed by atoms with Gasteiger partial charge in [0, 0.05) is 6.04 Å². The molecule has 0 amide bonds. The van der Waals surface area contributed by atoms with Gasteiger partial charge in [0.15, 0.2) is 0 Å². The van der Waals surface area contributed by atoms with Gasteiger partial charge in [-0.15, -0.1) is 0 Å². The lowest BCUT2D eigenvalue weighted by atomic mass is 9.87. The lowest BCUT2D eigenvalue weighted by molar-refractivity contribution is 0.317.